The zero-order chi connectivity index (χ0) is 16.0. The Morgan fingerprint density at radius 2 is 2.00 bits per heavy atom. The quantitative estimate of drug-likeness (QED) is 0.931. The molecule has 0 bridgehead atoms. The Bertz CT molecular complexity index is 589. The van der Waals surface area contributed by atoms with E-state index < -0.39 is 17.6 Å². The molecule has 1 atom stereocenters. The minimum absolute atomic E-state index is 0.0640. The van der Waals surface area contributed by atoms with Crippen molar-refractivity contribution in [3.8, 4) is 0 Å². The first-order valence-corrected chi connectivity index (χ1v) is 6.59. The summed E-state index contributed by atoms with van der Waals surface area (Å²) in [7, 11) is 3.18. The lowest BCUT2D eigenvalue weighted by Gasteiger charge is -2.49. The van der Waals surface area contributed by atoms with Crippen molar-refractivity contribution in [3.05, 3.63) is 29.7 Å². The lowest BCUT2D eigenvalue weighted by Crippen LogP contribution is -2.60. The van der Waals surface area contributed by atoms with Gasteiger partial charge in [0, 0.05) is 19.4 Å². The third-order valence-corrected chi connectivity index (χ3v) is 4.03. The summed E-state index contributed by atoms with van der Waals surface area (Å²) >= 11 is 0. The summed E-state index contributed by atoms with van der Waals surface area (Å²) in [6.45, 7) is 3.79. The summed E-state index contributed by atoms with van der Waals surface area (Å²) in [6.07, 6.45) is -2.04. The van der Waals surface area contributed by atoms with Gasteiger partial charge in [0.1, 0.15) is 11.4 Å². The van der Waals surface area contributed by atoms with E-state index >= 15 is 0 Å². The molecule has 0 saturated carbocycles. The molecule has 1 aliphatic rings. The lowest BCUT2D eigenvalue weighted by atomic mass is 9.88. The lowest BCUT2D eigenvalue weighted by molar-refractivity contribution is -0.169. The minimum atomic E-state index is -4.90. The smallest absolute Gasteiger partial charge is 0.347 e. The fraction of sp³-hybridized carbons (Fsp3) is 0.500. The minimum Gasteiger partial charge on any atom is -0.347 e. The van der Waals surface area contributed by atoms with Crippen molar-refractivity contribution in [3.63, 3.8) is 0 Å². The second-order valence-electron chi connectivity index (χ2n) is 5.37. The molecule has 0 spiro atoms. The Labute approximate surface area is 121 Å². The summed E-state index contributed by atoms with van der Waals surface area (Å²) in [5.41, 5.74) is -0.468. The van der Waals surface area contributed by atoms with Crippen LogP contribution >= 0.6 is 0 Å². The summed E-state index contributed by atoms with van der Waals surface area (Å²) in [5, 5.41) is 3.09. The monoisotopic (exact) mass is 301 g/mol. The van der Waals surface area contributed by atoms with Gasteiger partial charge < -0.3 is 9.47 Å². The number of allylic oxidation sites excluding steroid dienone is 1. The van der Waals surface area contributed by atoms with Crippen LogP contribution in [0.25, 0.3) is 6.20 Å². The summed E-state index contributed by atoms with van der Waals surface area (Å²) in [6, 6.07) is 3.58. The van der Waals surface area contributed by atoms with Gasteiger partial charge in [-0.05, 0) is 25.1 Å². The second-order valence-corrected chi connectivity index (χ2v) is 5.37. The van der Waals surface area contributed by atoms with Crippen LogP contribution in [0.15, 0.2) is 24.0 Å². The van der Waals surface area contributed by atoms with E-state index in [0.29, 0.717) is 0 Å². The number of aromatic nitrogens is 1. The van der Waals surface area contributed by atoms with Crippen LogP contribution in [-0.2, 0) is 10.5 Å². The number of hydrogen-bond donors (Lipinski definition) is 1. The fourth-order valence-electron chi connectivity index (χ4n) is 3.03. The molecule has 1 N–H and O–H groups in total. The van der Waals surface area contributed by atoms with Gasteiger partial charge in [-0.2, -0.15) is 13.2 Å². The zero-order valence-electron chi connectivity index (χ0n) is 12.3. The number of rotatable bonds is 3. The van der Waals surface area contributed by atoms with Gasteiger partial charge >= 0.3 is 6.18 Å². The highest BCUT2D eigenvalue weighted by Crippen LogP contribution is 2.40. The molecule has 0 amide bonds. The molecule has 2 heterocycles. The van der Waals surface area contributed by atoms with Gasteiger partial charge in [0.25, 0.3) is 5.78 Å². The van der Waals surface area contributed by atoms with Gasteiger partial charge in [-0.25, -0.2) is 0 Å². The van der Waals surface area contributed by atoms with Gasteiger partial charge in [0.15, 0.2) is 0 Å². The molecule has 0 aromatic carbocycles. The third kappa shape index (κ3) is 2.16. The number of hydrogen-bond acceptors (Lipinski definition) is 3. The van der Waals surface area contributed by atoms with Crippen molar-refractivity contribution in [1.29, 1.82) is 0 Å². The number of nitrogens with zero attached hydrogens (tertiary/aromatic N) is 2. The van der Waals surface area contributed by atoms with Crippen LogP contribution in [0, 0.1) is 5.92 Å². The second kappa shape index (κ2) is 4.91. The molecule has 7 heteroatoms. The average Bonchev–Trinajstić information content (AvgIpc) is 2.84. The molecular weight excluding hydrogens is 283 g/mol. The first kappa shape index (κ1) is 15.6. The van der Waals surface area contributed by atoms with Crippen LogP contribution in [0.5, 0.6) is 0 Å². The van der Waals surface area contributed by atoms with Crippen molar-refractivity contribution in [2.45, 2.75) is 25.7 Å². The number of nitrogens with one attached hydrogen (secondary N) is 1. The Balaban J connectivity index is 2.65. The Hall–Kier alpha value is -1.76. The molecule has 1 aliphatic heterocycles. The number of carbonyl (C=O) groups excluding carboxylic acids is 1. The van der Waals surface area contributed by atoms with E-state index in [9.17, 15) is 18.0 Å². The van der Waals surface area contributed by atoms with E-state index in [1.807, 2.05) is 19.9 Å². The number of halogens is 3. The molecule has 4 nitrogen and oxygen atoms in total. The standard InChI is InChI=1S/C14H18F3N3O/c1-9(2)13(18-3)11-6-5-7-20(11)8-10(19(13)4)12(21)14(15,16)17/h5-9,18H,1-4H3. The number of Topliss-reactive ketones (excluding diaryl/α,β-unsaturated/α-hetero) is 1. The first-order valence-electron chi connectivity index (χ1n) is 6.59. The number of carbonyl (C=O) groups is 1. The molecule has 0 saturated heterocycles. The third-order valence-electron chi connectivity index (χ3n) is 4.03. The number of fused-ring (bicyclic) bond motifs is 1. The van der Waals surface area contributed by atoms with Gasteiger partial charge in [-0.15, -0.1) is 0 Å². The van der Waals surface area contributed by atoms with Gasteiger partial charge in [-0.1, -0.05) is 13.8 Å². The fourth-order valence-corrected chi connectivity index (χ4v) is 3.03. The summed E-state index contributed by atoms with van der Waals surface area (Å²) in [5.74, 6) is -1.91. The first-order chi connectivity index (χ1) is 9.66. The molecule has 2 rings (SSSR count). The van der Waals surface area contributed by atoms with E-state index in [2.05, 4.69) is 5.32 Å². The van der Waals surface area contributed by atoms with Gasteiger partial charge in [0.05, 0.1) is 5.69 Å². The largest absolute Gasteiger partial charge is 0.456 e. The topological polar surface area (TPSA) is 37.3 Å². The Morgan fingerprint density at radius 1 is 1.38 bits per heavy atom. The normalized spacial score (nSPS) is 22.3. The van der Waals surface area contributed by atoms with Crippen LogP contribution in [-0.4, -0.2) is 35.5 Å². The maximum atomic E-state index is 12.8. The number of likely N-dealkylation sites (N-methyl/N-ethyl adjacent to an activating group) is 1. The van der Waals surface area contributed by atoms with Crippen LogP contribution in [0.1, 0.15) is 19.5 Å². The predicted octanol–water partition coefficient (Wildman–Crippen LogP) is 2.39. The molecule has 116 valence electrons. The highest BCUT2D eigenvalue weighted by molar-refractivity contribution is 6.01. The van der Waals surface area contributed by atoms with E-state index in [4.69, 9.17) is 0 Å². The van der Waals surface area contributed by atoms with Crippen LogP contribution < -0.4 is 5.32 Å². The van der Waals surface area contributed by atoms with Crippen molar-refractivity contribution in [2.24, 2.45) is 5.92 Å². The van der Waals surface area contributed by atoms with Crippen molar-refractivity contribution >= 4 is 12.0 Å². The molecule has 0 fully saturated rings. The molecule has 1 aromatic heterocycles. The van der Waals surface area contributed by atoms with Crippen molar-refractivity contribution < 1.29 is 18.0 Å². The Kier molecular flexibility index (Phi) is 3.65. The number of ketones is 1. The molecule has 1 unspecified atom stereocenters. The zero-order valence-corrected chi connectivity index (χ0v) is 12.3. The van der Waals surface area contributed by atoms with E-state index in [0.717, 1.165) is 5.69 Å². The molecule has 21 heavy (non-hydrogen) atoms. The van der Waals surface area contributed by atoms with Crippen LogP contribution in [0.4, 0.5) is 13.2 Å². The summed E-state index contributed by atoms with van der Waals surface area (Å²) < 4.78 is 40.0. The highest BCUT2D eigenvalue weighted by atomic mass is 19.4. The Morgan fingerprint density at radius 3 is 2.48 bits per heavy atom. The molecule has 1 aromatic rings. The SMILES string of the molecule is CNC1(C(C)C)c2cccn2C=C(C(=O)C(F)(F)F)N1C. The number of alkyl halides is 3. The highest BCUT2D eigenvalue weighted by Gasteiger charge is 2.50. The predicted molar refractivity (Wildman–Crippen MR) is 73.1 cm³/mol. The molecule has 0 aliphatic carbocycles. The van der Waals surface area contributed by atoms with Crippen LogP contribution in [0.2, 0.25) is 0 Å². The molecular formula is C14H18F3N3O. The van der Waals surface area contributed by atoms with E-state index in [-0.39, 0.29) is 11.6 Å². The molecule has 0 radical (unpaired) electrons. The van der Waals surface area contributed by atoms with Gasteiger partial charge in [-0.3, -0.25) is 10.1 Å². The maximum Gasteiger partial charge on any atom is 0.456 e. The van der Waals surface area contributed by atoms with Crippen LogP contribution in [0.3, 0.4) is 0 Å². The van der Waals surface area contributed by atoms with E-state index in [1.54, 1.807) is 23.9 Å². The van der Waals surface area contributed by atoms with E-state index in [1.165, 1.54) is 18.1 Å². The van der Waals surface area contributed by atoms with Gasteiger partial charge in [0.2, 0.25) is 0 Å². The average molecular weight is 301 g/mol. The van der Waals surface area contributed by atoms with Crippen molar-refractivity contribution in [2.75, 3.05) is 14.1 Å². The maximum absolute atomic E-state index is 12.8. The van der Waals surface area contributed by atoms with Crippen molar-refractivity contribution in [1.82, 2.24) is 14.8 Å². The summed E-state index contributed by atoms with van der Waals surface area (Å²) in [4.78, 5) is 13.1.